The topological polar surface area (TPSA) is 31.2 Å². The molecule has 0 aliphatic carbocycles. The highest BCUT2D eigenvalue weighted by molar-refractivity contribution is 6.32. The Morgan fingerprint density at radius 1 is 1.10 bits per heavy atom. The molecule has 0 aliphatic rings. The molecule has 3 aromatic rings. The van der Waals surface area contributed by atoms with Crippen molar-refractivity contribution in [3.63, 3.8) is 0 Å². The molecule has 4 heteroatoms. The van der Waals surface area contributed by atoms with Crippen molar-refractivity contribution in [3.8, 4) is 0 Å². The third-order valence-electron chi connectivity index (χ3n) is 3.79. The molecule has 0 spiro atoms. The Morgan fingerprint density at radius 3 is 2.48 bits per heavy atom. The van der Waals surface area contributed by atoms with Gasteiger partial charge in [0.2, 0.25) is 0 Å². The lowest BCUT2D eigenvalue weighted by Gasteiger charge is -2.07. The number of nitrogens with zero attached hydrogens (tertiary/aromatic N) is 1. The van der Waals surface area contributed by atoms with E-state index in [0.29, 0.717) is 11.6 Å². The molecular formula is C17H16ClNO2. The Kier molecular flexibility index (Phi) is 3.38. The summed E-state index contributed by atoms with van der Waals surface area (Å²) in [6.45, 7) is 6.25. The third kappa shape index (κ3) is 2.18. The predicted octanol–water partition coefficient (Wildman–Crippen LogP) is 5.07. The van der Waals surface area contributed by atoms with Crippen LogP contribution in [0, 0.1) is 13.8 Å². The monoisotopic (exact) mass is 301 g/mol. The first-order valence-corrected chi connectivity index (χ1v) is 7.28. The quantitative estimate of drug-likeness (QED) is 0.628. The summed E-state index contributed by atoms with van der Waals surface area (Å²) in [6, 6.07) is 9.66. The molecule has 2 aromatic carbocycles. The highest BCUT2D eigenvalue weighted by Gasteiger charge is 2.17. The first-order chi connectivity index (χ1) is 10.0. The van der Waals surface area contributed by atoms with E-state index in [1.165, 1.54) is 5.56 Å². The van der Waals surface area contributed by atoms with Crippen LogP contribution < -0.4 is 0 Å². The number of fused-ring (bicyclic) bond motifs is 3. The van der Waals surface area contributed by atoms with Gasteiger partial charge in [-0.2, -0.15) is 0 Å². The van der Waals surface area contributed by atoms with Crippen molar-refractivity contribution in [2.45, 2.75) is 20.8 Å². The normalized spacial score (nSPS) is 11.2. The number of halogens is 1. The average molecular weight is 302 g/mol. The van der Waals surface area contributed by atoms with Crippen LogP contribution >= 0.6 is 11.6 Å². The fourth-order valence-corrected chi connectivity index (χ4v) is 2.81. The van der Waals surface area contributed by atoms with Gasteiger partial charge < -0.3 is 4.74 Å². The van der Waals surface area contributed by atoms with E-state index in [2.05, 4.69) is 13.0 Å². The maximum absolute atomic E-state index is 12.3. The lowest BCUT2D eigenvalue weighted by Crippen LogP contribution is -2.13. The van der Waals surface area contributed by atoms with Crippen molar-refractivity contribution in [2.75, 3.05) is 6.61 Å². The summed E-state index contributed by atoms with van der Waals surface area (Å²) in [4.78, 5) is 12.3. The van der Waals surface area contributed by atoms with Crippen LogP contribution in [0.25, 0.3) is 21.8 Å². The minimum Gasteiger partial charge on any atom is -0.449 e. The van der Waals surface area contributed by atoms with Gasteiger partial charge in [-0.3, -0.25) is 0 Å². The molecule has 1 aromatic heterocycles. The van der Waals surface area contributed by atoms with Crippen LogP contribution in [0.5, 0.6) is 0 Å². The molecular weight excluding hydrogens is 286 g/mol. The number of benzene rings is 2. The molecule has 0 fully saturated rings. The number of hydrogen-bond acceptors (Lipinski definition) is 2. The summed E-state index contributed by atoms with van der Waals surface area (Å²) in [7, 11) is 0. The first-order valence-electron chi connectivity index (χ1n) is 6.91. The van der Waals surface area contributed by atoms with Crippen LogP contribution in [0.3, 0.4) is 0 Å². The molecule has 21 heavy (non-hydrogen) atoms. The predicted molar refractivity (Wildman–Crippen MR) is 86.3 cm³/mol. The van der Waals surface area contributed by atoms with Crippen molar-refractivity contribution in [1.29, 1.82) is 0 Å². The van der Waals surface area contributed by atoms with Gasteiger partial charge in [0.1, 0.15) is 0 Å². The maximum Gasteiger partial charge on any atom is 0.418 e. The lowest BCUT2D eigenvalue weighted by molar-refractivity contribution is 0.156. The Hall–Kier alpha value is -2.00. The molecule has 0 amide bonds. The smallest absolute Gasteiger partial charge is 0.418 e. The highest BCUT2D eigenvalue weighted by atomic mass is 35.5. The van der Waals surface area contributed by atoms with Crippen LogP contribution in [0.2, 0.25) is 5.02 Å². The zero-order chi connectivity index (χ0) is 15.1. The number of aromatic nitrogens is 1. The molecule has 3 nitrogen and oxygen atoms in total. The standard InChI is InChI=1S/C17H16ClNO2/c1-4-21-17(20)19-15-6-5-12(18)9-14(15)13-7-10(2)11(3)8-16(13)19/h5-9H,4H2,1-3H3. The molecule has 0 unspecified atom stereocenters. The van der Waals surface area contributed by atoms with Gasteiger partial charge in [-0.05, 0) is 62.2 Å². The van der Waals surface area contributed by atoms with Crippen molar-refractivity contribution in [1.82, 2.24) is 4.57 Å². The Morgan fingerprint density at radius 2 is 1.76 bits per heavy atom. The molecule has 0 aliphatic heterocycles. The minimum absolute atomic E-state index is 0.346. The van der Waals surface area contributed by atoms with Crippen molar-refractivity contribution < 1.29 is 9.53 Å². The number of aryl methyl sites for hydroxylation is 2. The van der Waals surface area contributed by atoms with E-state index < -0.39 is 0 Å². The molecule has 0 bridgehead atoms. The fraction of sp³-hybridized carbons (Fsp3) is 0.235. The van der Waals surface area contributed by atoms with Gasteiger partial charge in [0.25, 0.3) is 0 Å². The van der Waals surface area contributed by atoms with Gasteiger partial charge >= 0.3 is 6.09 Å². The van der Waals surface area contributed by atoms with Gasteiger partial charge in [-0.1, -0.05) is 11.6 Å². The van der Waals surface area contributed by atoms with E-state index in [1.54, 1.807) is 17.6 Å². The van der Waals surface area contributed by atoms with Crippen LogP contribution in [-0.4, -0.2) is 17.3 Å². The second-order valence-electron chi connectivity index (χ2n) is 5.15. The van der Waals surface area contributed by atoms with Crippen molar-refractivity contribution in [2.24, 2.45) is 0 Å². The first kappa shape index (κ1) is 14.0. The van der Waals surface area contributed by atoms with Crippen LogP contribution in [0.15, 0.2) is 30.3 Å². The van der Waals surface area contributed by atoms with Crippen LogP contribution in [0.1, 0.15) is 18.1 Å². The average Bonchev–Trinajstić information content (AvgIpc) is 2.73. The van der Waals surface area contributed by atoms with Crippen LogP contribution in [-0.2, 0) is 4.74 Å². The Bertz CT molecular complexity index is 864. The lowest BCUT2D eigenvalue weighted by atomic mass is 10.1. The van der Waals surface area contributed by atoms with Crippen molar-refractivity contribution >= 4 is 39.5 Å². The molecule has 0 saturated carbocycles. The molecule has 0 saturated heterocycles. The summed E-state index contributed by atoms with van der Waals surface area (Å²) < 4.78 is 6.82. The number of hydrogen-bond donors (Lipinski definition) is 0. The Labute approximate surface area is 128 Å². The minimum atomic E-state index is -0.358. The van der Waals surface area contributed by atoms with Gasteiger partial charge in [-0.25, -0.2) is 9.36 Å². The molecule has 0 atom stereocenters. The summed E-state index contributed by atoms with van der Waals surface area (Å²) in [5.41, 5.74) is 4.00. The van der Waals surface area contributed by atoms with Crippen molar-refractivity contribution in [3.05, 3.63) is 46.5 Å². The molecule has 0 N–H and O–H groups in total. The highest BCUT2D eigenvalue weighted by Crippen LogP contribution is 2.32. The molecule has 108 valence electrons. The maximum atomic E-state index is 12.3. The fourth-order valence-electron chi connectivity index (χ4n) is 2.64. The van der Waals surface area contributed by atoms with E-state index in [1.807, 2.05) is 25.1 Å². The van der Waals surface area contributed by atoms with Gasteiger partial charge in [0.05, 0.1) is 17.6 Å². The molecule has 0 radical (unpaired) electrons. The van der Waals surface area contributed by atoms with E-state index >= 15 is 0 Å². The van der Waals surface area contributed by atoms with Crippen LogP contribution in [0.4, 0.5) is 4.79 Å². The second kappa shape index (κ2) is 5.08. The summed E-state index contributed by atoms with van der Waals surface area (Å²) in [5.74, 6) is 0. The van der Waals surface area contributed by atoms with E-state index in [4.69, 9.17) is 16.3 Å². The van der Waals surface area contributed by atoms with Gasteiger partial charge in [0, 0.05) is 15.8 Å². The van der Waals surface area contributed by atoms with Gasteiger partial charge in [0.15, 0.2) is 0 Å². The molecule has 3 rings (SSSR count). The number of carbonyl (C=O) groups excluding carboxylic acids is 1. The summed E-state index contributed by atoms with van der Waals surface area (Å²) >= 11 is 6.11. The van der Waals surface area contributed by atoms with Gasteiger partial charge in [-0.15, -0.1) is 0 Å². The number of ether oxygens (including phenoxy) is 1. The molecule has 1 heterocycles. The zero-order valence-electron chi connectivity index (χ0n) is 12.2. The largest absolute Gasteiger partial charge is 0.449 e. The number of carbonyl (C=O) groups is 1. The SMILES string of the molecule is CCOC(=O)n1c2ccc(Cl)cc2c2cc(C)c(C)cc21. The van der Waals surface area contributed by atoms with E-state index in [0.717, 1.165) is 27.4 Å². The number of rotatable bonds is 1. The summed E-state index contributed by atoms with van der Waals surface area (Å²) in [6.07, 6.45) is -0.358. The Balaban J connectivity index is 2.47. The van der Waals surface area contributed by atoms with E-state index in [9.17, 15) is 4.79 Å². The van der Waals surface area contributed by atoms with E-state index in [-0.39, 0.29) is 6.09 Å². The third-order valence-corrected chi connectivity index (χ3v) is 4.03. The second-order valence-corrected chi connectivity index (χ2v) is 5.59. The zero-order valence-corrected chi connectivity index (χ0v) is 13.0. The summed E-state index contributed by atoms with van der Waals surface area (Å²) in [5, 5.41) is 2.64.